The maximum Gasteiger partial charge on any atom is 0.255 e. The van der Waals surface area contributed by atoms with Crippen molar-refractivity contribution >= 4 is 40.6 Å². The van der Waals surface area contributed by atoms with Gasteiger partial charge in [-0.05, 0) is 37.1 Å². The molecule has 0 bridgehead atoms. The molecule has 1 fully saturated rings. The second kappa shape index (κ2) is 7.86. The van der Waals surface area contributed by atoms with Crippen LogP contribution in [0.25, 0.3) is 0 Å². The lowest BCUT2D eigenvalue weighted by atomic mass is 9.95. The molecule has 1 aliphatic carbocycles. The topological polar surface area (TPSA) is 54.0 Å². The number of halogens is 2. The molecule has 6 heteroatoms. The zero-order chi connectivity index (χ0) is 16.9. The lowest BCUT2D eigenvalue weighted by molar-refractivity contribution is 0.102. The van der Waals surface area contributed by atoms with Gasteiger partial charge in [0.1, 0.15) is 5.82 Å². The Morgan fingerprint density at radius 1 is 1.08 bits per heavy atom. The molecule has 0 unspecified atom stereocenters. The molecule has 24 heavy (non-hydrogen) atoms. The van der Waals surface area contributed by atoms with Crippen LogP contribution in [0.3, 0.4) is 0 Å². The quantitative estimate of drug-likeness (QED) is 0.765. The third-order valence-electron chi connectivity index (χ3n) is 4.18. The molecule has 3 rings (SSSR count). The number of carbonyl (C=O) groups is 1. The summed E-state index contributed by atoms with van der Waals surface area (Å²) < 4.78 is 0. The van der Waals surface area contributed by atoms with E-state index in [-0.39, 0.29) is 5.91 Å². The average Bonchev–Trinajstić information content (AvgIpc) is 2.59. The Bertz CT molecular complexity index is 710. The Balaban J connectivity index is 1.72. The van der Waals surface area contributed by atoms with E-state index in [9.17, 15) is 4.79 Å². The first-order valence-electron chi connectivity index (χ1n) is 8.11. The number of aromatic nitrogens is 1. The number of nitrogens with zero attached hydrogens (tertiary/aromatic N) is 1. The van der Waals surface area contributed by atoms with Gasteiger partial charge in [-0.3, -0.25) is 4.79 Å². The molecule has 2 aromatic rings. The molecular formula is C18H19Cl2N3O. The molecule has 0 saturated heterocycles. The third kappa shape index (κ3) is 4.19. The number of carbonyl (C=O) groups excluding carboxylic acids is 1. The van der Waals surface area contributed by atoms with E-state index in [1.807, 2.05) is 0 Å². The average molecular weight is 364 g/mol. The highest BCUT2D eigenvalue weighted by Crippen LogP contribution is 2.30. The summed E-state index contributed by atoms with van der Waals surface area (Å²) in [5.74, 6) is 0.457. The van der Waals surface area contributed by atoms with Gasteiger partial charge in [-0.2, -0.15) is 0 Å². The van der Waals surface area contributed by atoms with Crippen LogP contribution in [0.5, 0.6) is 0 Å². The summed E-state index contributed by atoms with van der Waals surface area (Å²) >= 11 is 12.2. The minimum atomic E-state index is -0.265. The van der Waals surface area contributed by atoms with E-state index in [0.717, 1.165) is 18.7 Å². The Morgan fingerprint density at radius 2 is 1.79 bits per heavy atom. The summed E-state index contributed by atoms with van der Waals surface area (Å²) in [5, 5.41) is 7.00. The van der Waals surface area contributed by atoms with E-state index < -0.39 is 0 Å². The van der Waals surface area contributed by atoms with Gasteiger partial charge in [0.25, 0.3) is 5.91 Å². The van der Waals surface area contributed by atoms with Crippen molar-refractivity contribution in [3.05, 3.63) is 52.1 Å². The minimum absolute atomic E-state index is 0.265. The molecule has 1 saturated carbocycles. The van der Waals surface area contributed by atoms with Crippen LogP contribution in [0.1, 0.15) is 42.5 Å². The number of pyridine rings is 1. The molecule has 1 heterocycles. The van der Waals surface area contributed by atoms with Crippen LogP contribution in [0.15, 0.2) is 36.5 Å². The summed E-state index contributed by atoms with van der Waals surface area (Å²) in [7, 11) is 0. The number of amides is 1. The second-order valence-electron chi connectivity index (χ2n) is 5.96. The summed E-state index contributed by atoms with van der Waals surface area (Å²) in [5.41, 5.74) is 0.934. The lowest BCUT2D eigenvalue weighted by Gasteiger charge is -2.23. The second-order valence-corrected chi connectivity index (χ2v) is 6.77. The molecule has 2 N–H and O–H groups in total. The van der Waals surface area contributed by atoms with Crippen molar-refractivity contribution < 1.29 is 4.79 Å². The van der Waals surface area contributed by atoms with Crippen molar-refractivity contribution in [3.8, 4) is 0 Å². The molecule has 4 nitrogen and oxygen atoms in total. The number of hydrogen-bond donors (Lipinski definition) is 2. The molecule has 0 atom stereocenters. The number of rotatable bonds is 4. The van der Waals surface area contributed by atoms with E-state index in [0.29, 0.717) is 27.3 Å². The van der Waals surface area contributed by atoms with Gasteiger partial charge in [-0.15, -0.1) is 0 Å². The molecule has 1 aromatic carbocycles. The van der Waals surface area contributed by atoms with Crippen LogP contribution >= 0.6 is 23.2 Å². The molecule has 126 valence electrons. The molecule has 0 spiro atoms. The van der Waals surface area contributed by atoms with Gasteiger partial charge in [0.15, 0.2) is 0 Å². The summed E-state index contributed by atoms with van der Waals surface area (Å²) in [6, 6.07) is 8.97. The van der Waals surface area contributed by atoms with Crippen molar-refractivity contribution in [2.24, 2.45) is 0 Å². The number of anilines is 2. The lowest BCUT2D eigenvalue weighted by Crippen LogP contribution is -2.23. The standard InChI is InChI=1S/C18H19Cl2N3O/c19-14-7-4-8-15(20)17(14)23-18(24)12-9-10-21-16(11-12)22-13-5-2-1-3-6-13/h4,7-11,13H,1-3,5-6H2,(H,21,22)(H,23,24). The highest BCUT2D eigenvalue weighted by atomic mass is 35.5. The monoisotopic (exact) mass is 363 g/mol. The molecule has 0 aliphatic heterocycles. The Hall–Kier alpha value is -1.78. The van der Waals surface area contributed by atoms with Gasteiger partial charge >= 0.3 is 0 Å². The van der Waals surface area contributed by atoms with Crippen molar-refractivity contribution in [1.29, 1.82) is 0 Å². The van der Waals surface area contributed by atoms with Gasteiger partial charge in [0.2, 0.25) is 0 Å². The first kappa shape index (κ1) is 17.1. The van der Waals surface area contributed by atoms with Crippen molar-refractivity contribution in [1.82, 2.24) is 4.98 Å². The first-order valence-corrected chi connectivity index (χ1v) is 8.87. The highest BCUT2D eigenvalue weighted by molar-refractivity contribution is 6.40. The Labute approximate surface area is 151 Å². The number of hydrogen-bond acceptors (Lipinski definition) is 3. The van der Waals surface area contributed by atoms with Gasteiger partial charge in [-0.25, -0.2) is 4.98 Å². The Morgan fingerprint density at radius 3 is 2.50 bits per heavy atom. The van der Waals surface area contributed by atoms with E-state index in [2.05, 4.69) is 15.6 Å². The molecule has 0 radical (unpaired) electrons. The largest absolute Gasteiger partial charge is 0.367 e. The van der Waals surface area contributed by atoms with E-state index >= 15 is 0 Å². The third-order valence-corrected chi connectivity index (χ3v) is 4.81. The molecule has 1 aliphatic rings. The summed E-state index contributed by atoms with van der Waals surface area (Å²) in [4.78, 5) is 16.8. The van der Waals surface area contributed by atoms with Crippen LogP contribution in [-0.2, 0) is 0 Å². The van der Waals surface area contributed by atoms with Gasteiger partial charge in [0, 0.05) is 17.8 Å². The van der Waals surface area contributed by atoms with Crippen LogP contribution in [0.2, 0.25) is 10.0 Å². The number of nitrogens with one attached hydrogen (secondary N) is 2. The van der Waals surface area contributed by atoms with Crippen LogP contribution in [0.4, 0.5) is 11.5 Å². The fourth-order valence-corrected chi connectivity index (χ4v) is 3.40. The van der Waals surface area contributed by atoms with Crippen LogP contribution in [-0.4, -0.2) is 16.9 Å². The van der Waals surface area contributed by atoms with Gasteiger partial charge in [-0.1, -0.05) is 48.5 Å². The highest BCUT2D eigenvalue weighted by Gasteiger charge is 2.15. The molecular weight excluding hydrogens is 345 g/mol. The summed E-state index contributed by atoms with van der Waals surface area (Å²) in [6.07, 6.45) is 7.70. The first-order chi connectivity index (χ1) is 11.6. The molecule has 1 amide bonds. The predicted molar refractivity (Wildman–Crippen MR) is 99.1 cm³/mol. The minimum Gasteiger partial charge on any atom is -0.367 e. The SMILES string of the molecule is O=C(Nc1c(Cl)cccc1Cl)c1ccnc(NC2CCCCC2)c1. The predicted octanol–water partition coefficient (Wildman–Crippen LogP) is 5.39. The smallest absolute Gasteiger partial charge is 0.255 e. The number of benzene rings is 1. The normalized spacial score (nSPS) is 15.1. The van der Waals surface area contributed by atoms with Crippen molar-refractivity contribution in [2.45, 2.75) is 38.1 Å². The van der Waals surface area contributed by atoms with Gasteiger partial charge in [0.05, 0.1) is 15.7 Å². The van der Waals surface area contributed by atoms with Crippen LogP contribution in [0, 0.1) is 0 Å². The van der Waals surface area contributed by atoms with E-state index in [1.165, 1.54) is 19.3 Å². The van der Waals surface area contributed by atoms with E-state index in [1.54, 1.807) is 36.5 Å². The fraction of sp³-hybridized carbons (Fsp3) is 0.333. The Kier molecular flexibility index (Phi) is 5.59. The fourth-order valence-electron chi connectivity index (χ4n) is 2.91. The van der Waals surface area contributed by atoms with Crippen molar-refractivity contribution in [2.75, 3.05) is 10.6 Å². The van der Waals surface area contributed by atoms with Crippen LogP contribution < -0.4 is 10.6 Å². The molecule has 1 aromatic heterocycles. The van der Waals surface area contributed by atoms with Crippen molar-refractivity contribution in [3.63, 3.8) is 0 Å². The number of para-hydroxylation sites is 1. The van der Waals surface area contributed by atoms with E-state index in [4.69, 9.17) is 23.2 Å². The summed E-state index contributed by atoms with van der Waals surface area (Å²) in [6.45, 7) is 0. The maximum atomic E-state index is 12.5. The zero-order valence-electron chi connectivity index (χ0n) is 13.2. The van der Waals surface area contributed by atoms with Gasteiger partial charge < -0.3 is 10.6 Å². The zero-order valence-corrected chi connectivity index (χ0v) is 14.7. The maximum absolute atomic E-state index is 12.5.